The molecule has 0 aromatic heterocycles. The van der Waals surface area contributed by atoms with Crippen molar-refractivity contribution in [2.24, 2.45) is 0 Å². The highest BCUT2D eigenvalue weighted by atomic mass is 16.5. The molecule has 2 rings (SSSR count). The second-order valence-electron chi connectivity index (χ2n) is 4.60. The lowest BCUT2D eigenvalue weighted by atomic mass is 10.0. The molecule has 1 fully saturated rings. The summed E-state index contributed by atoms with van der Waals surface area (Å²) >= 11 is 0. The van der Waals surface area contributed by atoms with Gasteiger partial charge in [0, 0.05) is 23.8 Å². The Morgan fingerprint density at radius 3 is 2.94 bits per heavy atom. The van der Waals surface area contributed by atoms with E-state index in [4.69, 9.17) is 4.74 Å². The van der Waals surface area contributed by atoms with Gasteiger partial charge >= 0.3 is 0 Å². The number of nitrogens with zero attached hydrogens (tertiary/aromatic N) is 1. The molecule has 17 heavy (non-hydrogen) atoms. The minimum Gasteiger partial charge on any atom is -0.388 e. The average Bonchev–Trinajstić information content (AvgIpc) is 2.38. The van der Waals surface area contributed by atoms with Crippen molar-refractivity contribution in [3.05, 3.63) is 29.8 Å². The molecule has 0 spiro atoms. The van der Waals surface area contributed by atoms with Gasteiger partial charge in [0.2, 0.25) is 0 Å². The van der Waals surface area contributed by atoms with Gasteiger partial charge in [-0.3, -0.25) is 0 Å². The Morgan fingerprint density at radius 2 is 2.24 bits per heavy atom. The van der Waals surface area contributed by atoms with Gasteiger partial charge in [-0.25, -0.2) is 0 Å². The van der Waals surface area contributed by atoms with Crippen LogP contribution >= 0.6 is 0 Å². The summed E-state index contributed by atoms with van der Waals surface area (Å²) in [4.78, 5) is 2.33. The van der Waals surface area contributed by atoms with E-state index in [1.165, 1.54) is 0 Å². The minimum atomic E-state index is -0.374. The summed E-state index contributed by atoms with van der Waals surface area (Å²) < 4.78 is 5.46. The van der Waals surface area contributed by atoms with Gasteiger partial charge in [0.1, 0.15) is 0 Å². The van der Waals surface area contributed by atoms with E-state index < -0.39 is 0 Å². The fraction of sp³-hybridized carbons (Fsp3) is 0.571. The van der Waals surface area contributed by atoms with Crippen molar-refractivity contribution in [3.8, 4) is 0 Å². The Kier molecular flexibility index (Phi) is 4.02. The zero-order chi connectivity index (χ0) is 12.3. The van der Waals surface area contributed by atoms with E-state index in [0.717, 1.165) is 37.4 Å². The van der Waals surface area contributed by atoms with E-state index in [0.29, 0.717) is 6.04 Å². The van der Waals surface area contributed by atoms with Crippen LogP contribution in [0.4, 0.5) is 5.69 Å². The molecule has 1 saturated heterocycles. The van der Waals surface area contributed by atoms with E-state index in [2.05, 4.69) is 17.9 Å². The van der Waals surface area contributed by atoms with Gasteiger partial charge in [-0.15, -0.1) is 0 Å². The molecule has 0 bridgehead atoms. The monoisotopic (exact) mass is 235 g/mol. The average molecular weight is 235 g/mol. The molecule has 3 nitrogen and oxygen atoms in total. The molecule has 1 heterocycles. The quantitative estimate of drug-likeness (QED) is 0.873. The van der Waals surface area contributed by atoms with Gasteiger partial charge in [0.15, 0.2) is 0 Å². The first-order chi connectivity index (χ1) is 8.24. The summed E-state index contributed by atoms with van der Waals surface area (Å²) in [7, 11) is 0. The van der Waals surface area contributed by atoms with Crippen molar-refractivity contribution in [2.45, 2.75) is 32.4 Å². The Balaban J connectivity index is 2.30. The van der Waals surface area contributed by atoms with Crippen LogP contribution in [-0.4, -0.2) is 30.9 Å². The minimum absolute atomic E-state index is 0.369. The van der Waals surface area contributed by atoms with Gasteiger partial charge in [-0.2, -0.15) is 0 Å². The third-order valence-electron chi connectivity index (χ3n) is 3.36. The van der Waals surface area contributed by atoms with Gasteiger partial charge in [0.25, 0.3) is 0 Å². The molecule has 1 aliphatic rings. The zero-order valence-corrected chi connectivity index (χ0v) is 10.6. The van der Waals surface area contributed by atoms with Crippen LogP contribution in [0.15, 0.2) is 24.3 Å². The fourth-order valence-electron chi connectivity index (χ4n) is 2.34. The number of rotatable bonds is 3. The lowest BCUT2D eigenvalue weighted by Gasteiger charge is -2.37. The maximum absolute atomic E-state index is 10.1. The second-order valence-corrected chi connectivity index (χ2v) is 4.60. The molecule has 1 aliphatic heterocycles. The van der Waals surface area contributed by atoms with Crippen molar-refractivity contribution in [2.75, 3.05) is 24.7 Å². The summed E-state index contributed by atoms with van der Waals surface area (Å²) in [6, 6.07) is 8.50. The van der Waals surface area contributed by atoms with Crippen LogP contribution in [-0.2, 0) is 4.74 Å². The van der Waals surface area contributed by atoms with Crippen LogP contribution in [0.1, 0.15) is 31.9 Å². The predicted octanol–water partition coefficient (Wildman–Crippen LogP) is 2.36. The van der Waals surface area contributed by atoms with E-state index >= 15 is 0 Å². The van der Waals surface area contributed by atoms with E-state index in [1.807, 2.05) is 25.1 Å². The standard InChI is InChI=1S/C14H21NO2/c1-3-14(16)12-6-4-5-7-13(12)15-8-9-17-10-11(15)2/h4-7,11,14,16H,3,8-10H2,1-2H3. The normalized spacial score (nSPS) is 22.5. The number of morpholine rings is 1. The summed E-state index contributed by atoms with van der Waals surface area (Å²) in [5.41, 5.74) is 2.18. The Hall–Kier alpha value is -1.06. The first kappa shape index (κ1) is 12.4. The highest BCUT2D eigenvalue weighted by molar-refractivity contribution is 5.55. The molecule has 94 valence electrons. The smallest absolute Gasteiger partial charge is 0.0807 e. The lowest BCUT2D eigenvalue weighted by Crippen LogP contribution is -2.44. The molecule has 0 aliphatic carbocycles. The molecular weight excluding hydrogens is 214 g/mol. The van der Waals surface area contributed by atoms with Crippen LogP contribution in [0.2, 0.25) is 0 Å². The number of ether oxygens (including phenoxy) is 1. The first-order valence-electron chi connectivity index (χ1n) is 6.35. The number of hydrogen-bond donors (Lipinski definition) is 1. The van der Waals surface area contributed by atoms with Crippen LogP contribution in [0, 0.1) is 0 Å². The summed E-state index contributed by atoms with van der Waals surface area (Å²) in [5, 5.41) is 10.1. The molecule has 2 atom stereocenters. The maximum atomic E-state index is 10.1. The number of aliphatic hydroxyl groups is 1. The highest BCUT2D eigenvalue weighted by Crippen LogP contribution is 2.30. The maximum Gasteiger partial charge on any atom is 0.0807 e. The van der Waals surface area contributed by atoms with Gasteiger partial charge in [-0.1, -0.05) is 25.1 Å². The van der Waals surface area contributed by atoms with Gasteiger partial charge in [0.05, 0.1) is 19.3 Å². The number of aliphatic hydroxyl groups excluding tert-OH is 1. The Labute approximate surface area is 103 Å². The van der Waals surface area contributed by atoms with Crippen LogP contribution in [0.5, 0.6) is 0 Å². The molecule has 1 aromatic carbocycles. The van der Waals surface area contributed by atoms with E-state index in [-0.39, 0.29) is 6.10 Å². The van der Waals surface area contributed by atoms with Crippen molar-refractivity contribution in [1.82, 2.24) is 0 Å². The molecule has 0 radical (unpaired) electrons. The third kappa shape index (κ3) is 2.61. The number of para-hydroxylation sites is 1. The van der Waals surface area contributed by atoms with Crippen molar-refractivity contribution in [1.29, 1.82) is 0 Å². The molecule has 1 N–H and O–H groups in total. The summed E-state index contributed by atoms with van der Waals surface area (Å²) in [5.74, 6) is 0. The number of benzene rings is 1. The molecule has 1 aromatic rings. The van der Waals surface area contributed by atoms with Crippen LogP contribution in [0.3, 0.4) is 0 Å². The summed E-state index contributed by atoms with van der Waals surface area (Å²) in [6.45, 7) is 6.59. The van der Waals surface area contributed by atoms with Crippen molar-refractivity contribution in [3.63, 3.8) is 0 Å². The lowest BCUT2D eigenvalue weighted by molar-refractivity contribution is 0.0982. The van der Waals surface area contributed by atoms with Gasteiger partial charge in [-0.05, 0) is 19.4 Å². The second kappa shape index (κ2) is 5.52. The molecular formula is C14H21NO2. The molecule has 0 amide bonds. The topological polar surface area (TPSA) is 32.7 Å². The number of hydrogen-bond acceptors (Lipinski definition) is 3. The molecule has 0 saturated carbocycles. The van der Waals surface area contributed by atoms with Crippen molar-refractivity contribution >= 4 is 5.69 Å². The fourth-order valence-corrected chi connectivity index (χ4v) is 2.34. The molecule has 2 unspecified atom stereocenters. The SMILES string of the molecule is CCC(O)c1ccccc1N1CCOCC1C. The van der Waals surface area contributed by atoms with Crippen LogP contribution in [0.25, 0.3) is 0 Å². The Morgan fingerprint density at radius 1 is 1.47 bits per heavy atom. The first-order valence-corrected chi connectivity index (χ1v) is 6.35. The molecule has 3 heteroatoms. The summed E-state index contributed by atoms with van der Waals surface area (Å²) in [6.07, 6.45) is 0.372. The van der Waals surface area contributed by atoms with E-state index in [9.17, 15) is 5.11 Å². The van der Waals surface area contributed by atoms with Crippen LogP contribution < -0.4 is 4.90 Å². The largest absolute Gasteiger partial charge is 0.388 e. The van der Waals surface area contributed by atoms with Crippen molar-refractivity contribution < 1.29 is 9.84 Å². The third-order valence-corrected chi connectivity index (χ3v) is 3.36. The zero-order valence-electron chi connectivity index (χ0n) is 10.6. The van der Waals surface area contributed by atoms with Gasteiger partial charge < -0.3 is 14.7 Å². The predicted molar refractivity (Wildman–Crippen MR) is 69.3 cm³/mol. The van der Waals surface area contributed by atoms with E-state index in [1.54, 1.807) is 0 Å². The highest BCUT2D eigenvalue weighted by Gasteiger charge is 2.22. The number of anilines is 1. The Bertz CT molecular complexity index is 367.